The number of aromatic nitrogens is 3. The minimum absolute atomic E-state index is 0.622. The zero-order chi connectivity index (χ0) is 37.2. The Labute approximate surface area is 326 Å². The lowest BCUT2D eigenvalue weighted by Crippen LogP contribution is -2.23. The van der Waals surface area contributed by atoms with Crippen molar-refractivity contribution in [2.45, 2.75) is 0 Å². The van der Waals surface area contributed by atoms with Crippen molar-refractivity contribution in [2.75, 3.05) is 4.90 Å². The van der Waals surface area contributed by atoms with Gasteiger partial charge in [-0.2, -0.15) is 0 Å². The fraction of sp³-hybridized carbons (Fsp3) is 0. The highest BCUT2D eigenvalue weighted by atomic mass is 16.5. The largest absolute Gasteiger partial charge is 0.453 e. The van der Waals surface area contributed by atoms with Crippen LogP contribution in [0.5, 0.6) is 34.5 Å². The predicted octanol–water partition coefficient (Wildman–Crippen LogP) is 13.5. The Kier molecular flexibility index (Phi) is 6.04. The minimum atomic E-state index is 0.622. The molecule has 3 aliphatic heterocycles. The molecule has 266 valence electrons. The average Bonchev–Trinajstić information content (AvgIpc) is 3.60. The van der Waals surface area contributed by atoms with E-state index >= 15 is 0 Å². The van der Waals surface area contributed by atoms with E-state index in [0.717, 1.165) is 112 Å². The van der Waals surface area contributed by atoms with Gasteiger partial charge in [-0.05, 0) is 82.9 Å². The van der Waals surface area contributed by atoms with E-state index in [0.29, 0.717) is 5.95 Å². The lowest BCUT2D eigenvalue weighted by Gasteiger charge is -2.41. The normalized spacial score (nSPS) is 12.9. The Morgan fingerprint density at radius 2 is 0.895 bits per heavy atom. The number of hydrogen-bond donors (Lipinski definition) is 0. The van der Waals surface area contributed by atoms with Gasteiger partial charge in [-0.15, -0.1) is 0 Å². The fourth-order valence-electron chi connectivity index (χ4n) is 8.79. The number of fused-ring (bicyclic) bond motifs is 4. The van der Waals surface area contributed by atoms with Gasteiger partial charge in [0.2, 0.25) is 5.95 Å². The van der Waals surface area contributed by atoms with Crippen molar-refractivity contribution in [3.8, 4) is 74.0 Å². The molecular formula is C50H28N4O3. The van der Waals surface area contributed by atoms with Crippen LogP contribution in [0, 0.1) is 0 Å². The van der Waals surface area contributed by atoms with Crippen molar-refractivity contribution < 1.29 is 14.2 Å². The van der Waals surface area contributed by atoms with E-state index in [9.17, 15) is 0 Å². The van der Waals surface area contributed by atoms with E-state index in [1.165, 1.54) is 5.56 Å². The van der Waals surface area contributed by atoms with Crippen molar-refractivity contribution in [1.82, 2.24) is 14.5 Å². The minimum Gasteiger partial charge on any atom is -0.453 e. The van der Waals surface area contributed by atoms with Crippen molar-refractivity contribution in [3.05, 3.63) is 170 Å². The first-order valence-corrected chi connectivity index (χ1v) is 19.0. The summed E-state index contributed by atoms with van der Waals surface area (Å²) >= 11 is 0. The first-order chi connectivity index (χ1) is 28.2. The second-order valence-electron chi connectivity index (χ2n) is 14.6. The van der Waals surface area contributed by atoms with Gasteiger partial charge in [0, 0.05) is 21.7 Å². The van der Waals surface area contributed by atoms with Gasteiger partial charge < -0.3 is 14.2 Å². The quantitative estimate of drug-likeness (QED) is 0.180. The standard InChI is InChI=1S/C50H28N4O3/c1-2-10-29(11-3-1)30-20-22-31(23-21-30)46-35-13-4-6-14-37(35)51-50(52-46)53-38-15-7-5-12-34(38)36-26-32(24-25-39(36)53)33-27-44-49-45(28-33)57-43-19-9-17-41-48(43)54(49)47-40(55-41)16-8-18-42(47)56-44/h1-28H. The SMILES string of the molecule is c1ccc(-c2ccc(-c3nc(-n4c5ccccc5c5cc(-c6cc7c8c(c6)Oc6cccc9c6N8c6c(cccc6O7)O9)ccc54)nc4ccccc34)cc2)cc1. The molecule has 0 aliphatic carbocycles. The number of ether oxygens (including phenoxy) is 3. The molecule has 0 saturated carbocycles. The van der Waals surface area contributed by atoms with Gasteiger partial charge in [0.05, 0.1) is 22.2 Å². The molecule has 2 aromatic heterocycles. The van der Waals surface area contributed by atoms with Crippen molar-refractivity contribution >= 4 is 49.8 Å². The van der Waals surface area contributed by atoms with Crippen molar-refractivity contribution in [1.29, 1.82) is 0 Å². The van der Waals surface area contributed by atoms with Gasteiger partial charge in [0.25, 0.3) is 0 Å². The van der Waals surface area contributed by atoms with E-state index in [4.69, 9.17) is 24.2 Å². The molecule has 3 aliphatic rings. The maximum Gasteiger partial charge on any atom is 0.235 e. The summed E-state index contributed by atoms with van der Waals surface area (Å²) in [6.45, 7) is 0. The molecule has 0 unspecified atom stereocenters. The van der Waals surface area contributed by atoms with Crippen LogP contribution >= 0.6 is 0 Å². The molecule has 7 heteroatoms. The van der Waals surface area contributed by atoms with Crippen LogP contribution in [-0.2, 0) is 0 Å². The highest BCUT2D eigenvalue weighted by Crippen LogP contribution is 2.67. The van der Waals surface area contributed by atoms with Crippen molar-refractivity contribution in [2.24, 2.45) is 0 Å². The maximum absolute atomic E-state index is 6.62. The number of benzene rings is 8. The number of anilines is 3. The van der Waals surface area contributed by atoms with Crippen LogP contribution in [0.2, 0.25) is 0 Å². The molecule has 10 aromatic rings. The second kappa shape index (κ2) is 11.3. The first kappa shape index (κ1) is 30.4. The molecule has 7 nitrogen and oxygen atoms in total. The molecule has 5 heterocycles. The summed E-state index contributed by atoms with van der Waals surface area (Å²) in [6.07, 6.45) is 0. The van der Waals surface area contributed by atoms with E-state index < -0.39 is 0 Å². The average molecular weight is 733 g/mol. The maximum atomic E-state index is 6.62. The summed E-state index contributed by atoms with van der Waals surface area (Å²) in [6, 6.07) is 58.5. The van der Waals surface area contributed by atoms with Crippen LogP contribution in [0.1, 0.15) is 0 Å². The van der Waals surface area contributed by atoms with Gasteiger partial charge >= 0.3 is 0 Å². The van der Waals surface area contributed by atoms with Gasteiger partial charge in [0.15, 0.2) is 34.5 Å². The molecule has 0 fully saturated rings. The van der Waals surface area contributed by atoms with Gasteiger partial charge in [-0.1, -0.05) is 109 Å². The molecule has 0 radical (unpaired) electrons. The zero-order valence-corrected chi connectivity index (χ0v) is 30.2. The smallest absolute Gasteiger partial charge is 0.235 e. The third-order valence-electron chi connectivity index (χ3n) is 11.4. The van der Waals surface area contributed by atoms with Gasteiger partial charge in [-0.25, -0.2) is 9.97 Å². The summed E-state index contributed by atoms with van der Waals surface area (Å²) in [7, 11) is 0. The fourth-order valence-corrected chi connectivity index (χ4v) is 8.79. The Bertz CT molecular complexity index is 3260. The number of hydrogen-bond acceptors (Lipinski definition) is 6. The van der Waals surface area contributed by atoms with E-state index in [1.807, 2.05) is 54.6 Å². The molecule has 0 bridgehead atoms. The van der Waals surface area contributed by atoms with Gasteiger partial charge in [0.1, 0.15) is 17.1 Å². The Morgan fingerprint density at radius 1 is 0.351 bits per heavy atom. The lowest BCUT2D eigenvalue weighted by molar-refractivity contribution is 0.418. The van der Waals surface area contributed by atoms with Crippen LogP contribution < -0.4 is 19.1 Å². The van der Waals surface area contributed by atoms with E-state index in [1.54, 1.807) is 0 Å². The molecule has 8 aromatic carbocycles. The molecule has 0 amide bonds. The highest BCUT2D eigenvalue weighted by molar-refractivity contribution is 6.11. The zero-order valence-electron chi connectivity index (χ0n) is 30.2. The Hall–Kier alpha value is -7.90. The van der Waals surface area contributed by atoms with Crippen LogP contribution in [0.3, 0.4) is 0 Å². The Morgan fingerprint density at radius 3 is 1.61 bits per heavy atom. The topological polar surface area (TPSA) is 61.6 Å². The third kappa shape index (κ3) is 4.36. The lowest BCUT2D eigenvalue weighted by atomic mass is 9.98. The summed E-state index contributed by atoms with van der Waals surface area (Å²) in [4.78, 5) is 12.7. The van der Waals surface area contributed by atoms with Crippen molar-refractivity contribution in [3.63, 3.8) is 0 Å². The molecule has 57 heavy (non-hydrogen) atoms. The number of nitrogens with zero attached hydrogens (tertiary/aromatic N) is 4. The molecule has 0 saturated heterocycles. The monoisotopic (exact) mass is 732 g/mol. The van der Waals surface area contributed by atoms with Gasteiger partial charge in [-0.3, -0.25) is 9.47 Å². The molecule has 0 spiro atoms. The van der Waals surface area contributed by atoms with Crippen LogP contribution in [0.15, 0.2) is 170 Å². The predicted molar refractivity (Wildman–Crippen MR) is 225 cm³/mol. The second-order valence-corrected chi connectivity index (χ2v) is 14.6. The Balaban J connectivity index is 0.967. The summed E-state index contributed by atoms with van der Waals surface area (Å²) in [5, 5.41) is 3.22. The van der Waals surface area contributed by atoms with Crippen LogP contribution in [-0.4, -0.2) is 14.5 Å². The first-order valence-electron chi connectivity index (χ1n) is 19.0. The van der Waals surface area contributed by atoms with E-state index in [2.05, 4.69) is 125 Å². The third-order valence-corrected chi connectivity index (χ3v) is 11.4. The molecule has 13 rings (SSSR count). The highest BCUT2D eigenvalue weighted by Gasteiger charge is 2.41. The molecular weight excluding hydrogens is 705 g/mol. The number of rotatable bonds is 4. The van der Waals surface area contributed by atoms with Crippen LogP contribution in [0.25, 0.3) is 72.2 Å². The van der Waals surface area contributed by atoms with Crippen LogP contribution in [0.4, 0.5) is 17.1 Å². The number of para-hydroxylation sites is 4. The summed E-state index contributed by atoms with van der Waals surface area (Å²) in [5.41, 5.74) is 11.9. The summed E-state index contributed by atoms with van der Waals surface area (Å²) < 4.78 is 21.7. The summed E-state index contributed by atoms with van der Waals surface area (Å²) in [5.74, 6) is 5.07. The molecule has 0 N–H and O–H groups in total. The van der Waals surface area contributed by atoms with E-state index in [-0.39, 0.29) is 0 Å². The molecule has 0 atom stereocenters.